The largest absolute Gasteiger partial charge is 0.487 e. The molecule has 102 valence electrons. The van der Waals surface area contributed by atoms with E-state index in [1.165, 1.54) is 12.1 Å². The zero-order valence-corrected chi connectivity index (χ0v) is 11.1. The topological polar surface area (TPSA) is 60.2 Å². The van der Waals surface area contributed by atoms with Gasteiger partial charge in [0.25, 0.3) is 0 Å². The molecule has 0 spiro atoms. The van der Waals surface area contributed by atoms with Gasteiger partial charge in [0, 0.05) is 18.2 Å². The highest BCUT2D eigenvalue weighted by atomic mass is 32.1. The summed E-state index contributed by atoms with van der Waals surface area (Å²) in [6, 6.07) is 3.45. The highest BCUT2D eigenvalue weighted by Crippen LogP contribution is 2.35. The van der Waals surface area contributed by atoms with Crippen LogP contribution in [-0.4, -0.2) is 11.0 Å². The lowest BCUT2D eigenvalue weighted by atomic mass is 10.2. The van der Waals surface area contributed by atoms with E-state index in [1.54, 1.807) is 0 Å². The fourth-order valence-corrected chi connectivity index (χ4v) is 2.19. The second-order valence-corrected chi connectivity index (χ2v) is 4.52. The molecule has 0 saturated carbocycles. The second kappa shape index (κ2) is 5.83. The molecule has 1 aromatic heterocycles. The first-order chi connectivity index (χ1) is 9.11. The molecule has 0 atom stereocenters. The molecule has 0 radical (unpaired) electrons. The third-order valence-corrected chi connectivity index (χ3v) is 3.22. The van der Waals surface area contributed by atoms with Crippen LogP contribution >= 0.6 is 11.5 Å². The number of hydrogen-bond acceptors (Lipinski definition) is 5. The molecule has 1 heterocycles. The molecule has 0 amide bonds. The van der Waals surface area contributed by atoms with Crippen molar-refractivity contribution in [1.29, 1.82) is 0 Å². The van der Waals surface area contributed by atoms with Gasteiger partial charge in [0.15, 0.2) is 16.6 Å². The summed E-state index contributed by atoms with van der Waals surface area (Å²) in [6.45, 7) is 2.50. The van der Waals surface area contributed by atoms with Crippen LogP contribution in [0.25, 0.3) is 0 Å². The summed E-state index contributed by atoms with van der Waals surface area (Å²) in [5.74, 6) is -0.426. The highest BCUT2D eigenvalue weighted by molar-refractivity contribution is 7.11. The second-order valence-electron chi connectivity index (χ2n) is 3.75. The van der Waals surface area contributed by atoms with Crippen LogP contribution in [0.2, 0.25) is 0 Å². The third-order valence-electron chi connectivity index (χ3n) is 2.42. The standard InChI is InChI=1S/C12H13F2N3OS/c1-2-18-10-11(15)17-19-12(10)16-6-7-3-4-8(13)5-9(7)14/h3-5,16H,2,6H2,1H3,(H2,15,17). The molecule has 0 fully saturated rings. The Labute approximate surface area is 113 Å². The summed E-state index contributed by atoms with van der Waals surface area (Å²) in [5.41, 5.74) is 6.01. The lowest BCUT2D eigenvalue weighted by Gasteiger charge is -2.08. The van der Waals surface area contributed by atoms with Crippen molar-refractivity contribution in [2.24, 2.45) is 0 Å². The number of nitrogens with two attached hydrogens (primary N) is 1. The fraction of sp³-hybridized carbons (Fsp3) is 0.250. The van der Waals surface area contributed by atoms with Crippen molar-refractivity contribution in [1.82, 2.24) is 4.37 Å². The third kappa shape index (κ3) is 3.11. The van der Waals surface area contributed by atoms with Gasteiger partial charge >= 0.3 is 0 Å². The number of rotatable bonds is 5. The van der Waals surface area contributed by atoms with Crippen molar-refractivity contribution in [3.05, 3.63) is 35.4 Å². The highest BCUT2D eigenvalue weighted by Gasteiger charge is 2.13. The van der Waals surface area contributed by atoms with Crippen molar-refractivity contribution in [2.75, 3.05) is 17.7 Å². The number of benzene rings is 1. The predicted octanol–water partition coefficient (Wildman–Crippen LogP) is 3.01. The Bertz CT molecular complexity index is 574. The van der Waals surface area contributed by atoms with E-state index in [2.05, 4.69) is 9.69 Å². The van der Waals surface area contributed by atoms with Crippen molar-refractivity contribution in [3.8, 4) is 5.75 Å². The Hall–Kier alpha value is -1.89. The molecule has 2 rings (SSSR count). The van der Waals surface area contributed by atoms with Crippen LogP contribution in [-0.2, 0) is 6.54 Å². The van der Waals surface area contributed by atoms with Crippen molar-refractivity contribution >= 4 is 22.4 Å². The van der Waals surface area contributed by atoms with Crippen LogP contribution in [0, 0.1) is 11.6 Å². The predicted molar refractivity (Wildman–Crippen MR) is 71.4 cm³/mol. The number of halogens is 2. The molecule has 1 aromatic carbocycles. The number of nitrogens with one attached hydrogen (secondary N) is 1. The van der Waals surface area contributed by atoms with E-state index in [4.69, 9.17) is 10.5 Å². The molecule has 3 N–H and O–H groups in total. The Balaban J connectivity index is 2.10. The number of nitrogen functional groups attached to an aromatic ring is 1. The maximum atomic E-state index is 13.5. The van der Waals surface area contributed by atoms with Gasteiger partial charge in [-0.25, -0.2) is 8.78 Å². The van der Waals surface area contributed by atoms with Gasteiger partial charge in [0.05, 0.1) is 6.61 Å². The molecule has 4 nitrogen and oxygen atoms in total. The SMILES string of the molecule is CCOc1c(N)nsc1NCc1ccc(F)cc1F. The van der Waals surface area contributed by atoms with Gasteiger partial charge in [-0.15, -0.1) is 0 Å². The van der Waals surface area contributed by atoms with Crippen molar-refractivity contribution in [2.45, 2.75) is 13.5 Å². The monoisotopic (exact) mass is 285 g/mol. The maximum Gasteiger partial charge on any atom is 0.197 e. The molecule has 19 heavy (non-hydrogen) atoms. The number of nitrogens with zero attached hydrogens (tertiary/aromatic N) is 1. The lowest BCUT2D eigenvalue weighted by molar-refractivity contribution is 0.344. The average Bonchev–Trinajstić information content (AvgIpc) is 2.71. The van der Waals surface area contributed by atoms with Crippen LogP contribution in [0.5, 0.6) is 5.75 Å². The van der Waals surface area contributed by atoms with Crippen LogP contribution < -0.4 is 15.8 Å². The van der Waals surface area contributed by atoms with Gasteiger partial charge in [0.1, 0.15) is 11.6 Å². The van der Waals surface area contributed by atoms with Gasteiger partial charge in [-0.3, -0.25) is 0 Å². The summed E-state index contributed by atoms with van der Waals surface area (Å²) >= 11 is 1.14. The van der Waals surface area contributed by atoms with E-state index in [0.29, 0.717) is 28.7 Å². The minimum Gasteiger partial charge on any atom is -0.487 e. The molecule has 7 heteroatoms. The molecule has 0 aliphatic carbocycles. The minimum atomic E-state index is -0.599. The summed E-state index contributed by atoms with van der Waals surface area (Å²) in [6.07, 6.45) is 0. The number of aromatic nitrogens is 1. The lowest BCUT2D eigenvalue weighted by Crippen LogP contribution is -2.03. The maximum absolute atomic E-state index is 13.5. The Morgan fingerprint density at radius 2 is 2.21 bits per heavy atom. The number of hydrogen-bond donors (Lipinski definition) is 2. The first-order valence-electron chi connectivity index (χ1n) is 5.67. The summed E-state index contributed by atoms with van der Waals surface area (Å²) in [7, 11) is 0. The van der Waals surface area contributed by atoms with Crippen LogP contribution in [0.1, 0.15) is 12.5 Å². The normalized spacial score (nSPS) is 10.5. The van der Waals surface area contributed by atoms with Gasteiger partial charge in [-0.05, 0) is 24.5 Å². The Morgan fingerprint density at radius 1 is 1.42 bits per heavy atom. The van der Waals surface area contributed by atoms with Crippen LogP contribution in [0.15, 0.2) is 18.2 Å². The molecule has 0 unspecified atom stereocenters. The van der Waals surface area contributed by atoms with E-state index in [9.17, 15) is 8.78 Å². The molecule has 2 aromatic rings. The van der Waals surface area contributed by atoms with Gasteiger partial charge in [0.2, 0.25) is 0 Å². The minimum absolute atomic E-state index is 0.202. The van der Waals surface area contributed by atoms with Gasteiger partial charge < -0.3 is 15.8 Å². The van der Waals surface area contributed by atoms with E-state index in [-0.39, 0.29) is 6.54 Å². The van der Waals surface area contributed by atoms with Gasteiger partial charge in [-0.2, -0.15) is 4.37 Å². The van der Waals surface area contributed by atoms with E-state index < -0.39 is 11.6 Å². The molecule has 0 bridgehead atoms. The summed E-state index contributed by atoms with van der Waals surface area (Å²) in [4.78, 5) is 0. The summed E-state index contributed by atoms with van der Waals surface area (Å²) in [5, 5.41) is 3.61. The van der Waals surface area contributed by atoms with Crippen molar-refractivity contribution < 1.29 is 13.5 Å². The van der Waals surface area contributed by atoms with Crippen LogP contribution in [0.3, 0.4) is 0 Å². The molecule has 0 aliphatic heterocycles. The van der Waals surface area contributed by atoms with Crippen molar-refractivity contribution in [3.63, 3.8) is 0 Å². The van der Waals surface area contributed by atoms with E-state index >= 15 is 0 Å². The Morgan fingerprint density at radius 3 is 2.89 bits per heavy atom. The average molecular weight is 285 g/mol. The van der Waals surface area contributed by atoms with E-state index in [0.717, 1.165) is 17.6 Å². The summed E-state index contributed by atoms with van der Waals surface area (Å²) < 4.78 is 35.5. The number of anilines is 2. The van der Waals surface area contributed by atoms with E-state index in [1.807, 2.05) is 6.92 Å². The zero-order valence-electron chi connectivity index (χ0n) is 10.2. The fourth-order valence-electron chi connectivity index (χ4n) is 1.53. The Kier molecular flexibility index (Phi) is 4.16. The first kappa shape index (κ1) is 13.5. The molecular formula is C12H13F2N3OS. The number of ether oxygens (including phenoxy) is 1. The van der Waals surface area contributed by atoms with Gasteiger partial charge in [-0.1, -0.05) is 6.07 Å². The first-order valence-corrected chi connectivity index (χ1v) is 6.45. The smallest absolute Gasteiger partial charge is 0.197 e. The molecule has 0 saturated heterocycles. The van der Waals surface area contributed by atoms with Crippen LogP contribution in [0.4, 0.5) is 19.6 Å². The quantitative estimate of drug-likeness (QED) is 0.886. The zero-order chi connectivity index (χ0) is 13.8. The molecule has 0 aliphatic rings. The molecular weight excluding hydrogens is 272 g/mol.